The average molecular weight is 322 g/mol. The molecule has 7 heteroatoms. The third-order valence-electron chi connectivity index (χ3n) is 3.35. The van der Waals surface area contributed by atoms with E-state index in [1.165, 1.54) is 36.2 Å². The number of amides is 3. The summed E-state index contributed by atoms with van der Waals surface area (Å²) in [6.07, 6.45) is 2.33. The van der Waals surface area contributed by atoms with Gasteiger partial charge in [-0.05, 0) is 49.4 Å². The molecule has 1 atom stereocenters. The van der Waals surface area contributed by atoms with Gasteiger partial charge < -0.3 is 10.5 Å². The third kappa shape index (κ3) is 4.49. The number of rotatable bonds is 5. The lowest BCUT2D eigenvalue weighted by molar-refractivity contribution is -0.151. The van der Waals surface area contributed by atoms with Crippen LogP contribution in [-0.2, 0) is 27.2 Å². The molecule has 0 bridgehead atoms. The first-order chi connectivity index (χ1) is 10.5. The first kappa shape index (κ1) is 16.4. The largest absolute Gasteiger partial charge is 0.452 e. The molecule has 0 heterocycles. The number of nitrogens with one attached hydrogen (secondary N) is 1. The Balaban J connectivity index is 1.80. The summed E-state index contributed by atoms with van der Waals surface area (Å²) in [6, 6.07) is 5.22. The predicted octanol–water partition coefficient (Wildman–Crippen LogP) is 1.39. The van der Waals surface area contributed by atoms with Crippen molar-refractivity contribution in [3.63, 3.8) is 0 Å². The molecule has 0 aliphatic heterocycles. The summed E-state index contributed by atoms with van der Waals surface area (Å²) in [4.78, 5) is 34.7. The number of nitrogens with two attached hydrogens (primary N) is 1. The lowest BCUT2D eigenvalue weighted by Crippen LogP contribution is -2.42. The molecule has 0 saturated heterocycles. The van der Waals surface area contributed by atoms with Crippen molar-refractivity contribution in [2.24, 2.45) is 5.73 Å². The second kappa shape index (κ2) is 7.31. The summed E-state index contributed by atoms with van der Waals surface area (Å²) in [5, 5.41) is 1.87. The number of carbonyl (C=O) groups is 3. The minimum atomic E-state index is -1.05. The number of ether oxygens (including phenoxy) is 1. The first-order valence-electron chi connectivity index (χ1n) is 7.00. The van der Waals surface area contributed by atoms with Gasteiger partial charge in [-0.25, -0.2) is 4.79 Å². The summed E-state index contributed by atoms with van der Waals surface area (Å²) >= 11 is 1.36. The number of benzene rings is 1. The fraction of sp³-hybridized carbons (Fsp3) is 0.400. The predicted molar refractivity (Wildman–Crippen MR) is 82.5 cm³/mol. The summed E-state index contributed by atoms with van der Waals surface area (Å²) in [6.45, 7) is 1.39. The van der Waals surface area contributed by atoms with E-state index >= 15 is 0 Å². The highest BCUT2D eigenvalue weighted by Crippen LogP contribution is 2.27. The molecule has 1 aromatic rings. The van der Waals surface area contributed by atoms with E-state index in [0.29, 0.717) is 0 Å². The Hall–Kier alpha value is -2.02. The highest BCUT2D eigenvalue weighted by molar-refractivity contribution is 8.00. The van der Waals surface area contributed by atoms with Gasteiger partial charge in [0, 0.05) is 4.90 Å². The molecule has 0 saturated carbocycles. The van der Waals surface area contributed by atoms with E-state index in [-0.39, 0.29) is 5.75 Å². The number of urea groups is 1. The fourth-order valence-corrected chi connectivity index (χ4v) is 3.03. The Bertz CT molecular complexity index is 603. The van der Waals surface area contributed by atoms with Crippen molar-refractivity contribution in [2.75, 3.05) is 5.75 Å². The van der Waals surface area contributed by atoms with E-state index < -0.39 is 24.0 Å². The number of thioether (sulfide) groups is 1. The maximum Gasteiger partial charge on any atom is 0.318 e. The van der Waals surface area contributed by atoms with E-state index in [1.807, 2.05) is 11.4 Å². The smallest absolute Gasteiger partial charge is 0.318 e. The van der Waals surface area contributed by atoms with Gasteiger partial charge in [-0.1, -0.05) is 6.07 Å². The average Bonchev–Trinajstić information content (AvgIpc) is 2.91. The highest BCUT2D eigenvalue weighted by atomic mass is 32.2. The molecule has 0 radical (unpaired) electrons. The van der Waals surface area contributed by atoms with Crippen molar-refractivity contribution in [3.8, 4) is 0 Å². The Morgan fingerprint density at radius 1 is 1.32 bits per heavy atom. The van der Waals surface area contributed by atoms with Gasteiger partial charge in [0.25, 0.3) is 5.91 Å². The van der Waals surface area contributed by atoms with Crippen molar-refractivity contribution in [3.05, 3.63) is 29.3 Å². The van der Waals surface area contributed by atoms with Gasteiger partial charge in [-0.3, -0.25) is 14.9 Å². The molecule has 118 valence electrons. The third-order valence-corrected chi connectivity index (χ3v) is 4.32. The standard InChI is InChI=1S/C15H18N2O4S/c1-9(14(19)17-15(16)20)21-13(18)8-22-12-6-5-10-3-2-4-11(10)7-12/h5-7,9H,2-4,8H2,1H3,(H3,16,17,19,20). The first-order valence-corrected chi connectivity index (χ1v) is 7.98. The molecule has 0 fully saturated rings. The minimum absolute atomic E-state index is 0.104. The van der Waals surface area contributed by atoms with Crippen molar-refractivity contribution >= 4 is 29.7 Å². The zero-order valence-corrected chi connectivity index (χ0v) is 13.1. The van der Waals surface area contributed by atoms with E-state index in [1.54, 1.807) is 0 Å². The van der Waals surface area contributed by atoms with Gasteiger partial charge in [0.05, 0.1) is 5.75 Å². The van der Waals surface area contributed by atoms with Crippen molar-refractivity contribution in [1.29, 1.82) is 0 Å². The van der Waals surface area contributed by atoms with Crippen LogP contribution in [0.4, 0.5) is 4.79 Å². The zero-order valence-electron chi connectivity index (χ0n) is 12.3. The monoisotopic (exact) mass is 322 g/mol. The van der Waals surface area contributed by atoms with Crippen LogP contribution in [0, 0.1) is 0 Å². The van der Waals surface area contributed by atoms with Crippen molar-refractivity contribution in [2.45, 2.75) is 37.2 Å². The van der Waals surface area contributed by atoms with Crippen LogP contribution >= 0.6 is 11.8 Å². The molecule has 0 spiro atoms. The molecule has 1 aromatic carbocycles. The lowest BCUT2D eigenvalue weighted by Gasteiger charge is -2.12. The number of aryl methyl sites for hydroxylation is 2. The SMILES string of the molecule is CC(OC(=O)CSc1ccc2c(c1)CCC2)C(=O)NC(N)=O. The summed E-state index contributed by atoms with van der Waals surface area (Å²) < 4.78 is 4.95. The number of fused-ring (bicyclic) bond motifs is 1. The summed E-state index contributed by atoms with van der Waals surface area (Å²) in [5.41, 5.74) is 7.54. The van der Waals surface area contributed by atoms with E-state index in [2.05, 4.69) is 12.1 Å². The maximum absolute atomic E-state index is 11.7. The molecule has 3 amide bonds. The lowest BCUT2D eigenvalue weighted by atomic mass is 10.1. The molecule has 1 aliphatic carbocycles. The van der Waals surface area contributed by atoms with E-state index in [4.69, 9.17) is 10.5 Å². The molecule has 1 unspecified atom stereocenters. The van der Waals surface area contributed by atoms with Gasteiger partial charge in [0.15, 0.2) is 6.10 Å². The number of esters is 1. The van der Waals surface area contributed by atoms with Crippen LogP contribution in [0.15, 0.2) is 23.1 Å². The second-order valence-electron chi connectivity index (χ2n) is 5.06. The molecule has 6 nitrogen and oxygen atoms in total. The highest BCUT2D eigenvalue weighted by Gasteiger charge is 2.19. The van der Waals surface area contributed by atoms with Crippen LogP contribution < -0.4 is 11.1 Å². The van der Waals surface area contributed by atoms with Crippen LogP contribution in [0.5, 0.6) is 0 Å². The molecular weight excluding hydrogens is 304 g/mol. The van der Waals surface area contributed by atoms with Crippen molar-refractivity contribution in [1.82, 2.24) is 5.32 Å². The Morgan fingerprint density at radius 3 is 2.77 bits per heavy atom. The molecular formula is C15H18N2O4S. The topological polar surface area (TPSA) is 98.5 Å². The molecule has 3 N–H and O–H groups in total. The summed E-state index contributed by atoms with van der Waals surface area (Å²) in [7, 11) is 0. The van der Waals surface area contributed by atoms with Gasteiger partial charge in [0.2, 0.25) is 0 Å². The van der Waals surface area contributed by atoms with Crippen LogP contribution in [0.2, 0.25) is 0 Å². The van der Waals surface area contributed by atoms with Gasteiger partial charge >= 0.3 is 12.0 Å². The molecule has 2 rings (SSSR count). The molecule has 1 aliphatic rings. The normalized spacial score (nSPS) is 14.0. The fourth-order valence-electron chi connectivity index (χ4n) is 2.29. The number of carbonyl (C=O) groups excluding carboxylic acids is 3. The Labute approximate surface area is 132 Å². The van der Waals surface area contributed by atoms with E-state index in [9.17, 15) is 14.4 Å². The molecule has 22 heavy (non-hydrogen) atoms. The summed E-state index contributed by atoms with van der Waals surface area (Å²) in [5.74, 6) is -1.14. The van der Waals surface area contributed by atoms with Gasteiger partial charge in [-0.15, -0.1) is 11.8 Å². The second-order valence-corrected chi connectivity index (χ2v) is 6.11. The van der Waals surface area contributed by atoms with Gasteiger partial charge in [0.1, 0.15) is 0 Å². The van der Waals surface area contributed by atoms with Crippen LogP contribution in [0.25, 0.3) is 0 Å². The van der Waals surface area contributed by atoms with Crippen LogP contribution in [0.1, 0.15) is 24.5 Å². The Morgan fingerprint density at radius 2 is 2.05 bits per heavy atom. The Kier molecular flexibility index (Phi) is 5.43. The van der Waals surface area contributed by atoms with Crippen LogP contribution in [0.3, 0.4) is 0 Å². The maximum atomic E-state index is 11.7. The van der Waals surface area contributed by atoms with Gasteiger partial charge in [-0.2, -0.15) is 0 Å². The number of primary amides is 1. The van der Waals surface area contributed by atoms with Crippen molar-refractivity contribution < 1.29 is 19.1 Å². The van der Waals surface area contributed by atoms with Crippen LogP contribution in [-0.4, -0.2) is 29.8 Å². The zero-order chi connectivity index (χ0) is 16.1. The quantitative estimate of drug-likeness (QED) is 0.630. The van der Waals surface area contributed by atoms with E-state index in [0.717, 1.165) is 17.7 Å². The number of hydrogen-bond acceptors (Lipinski definition) is 5. The minimum Gasteiger partial charge on any atom is -0.452 e. The number of imide groups is 1. The number of hydrogen-bond donors (Lipinski definition) is 2. The molecule has 0 aromatic heterocycles.